The highest BCUT2D eigenvalue weighted by molar-refractivity contribution is 5.47. The van der Waals surface area contributed by atoms with Crippen LogP contribution in [0.1, 0.15) is 175 Å². The van der Waals surface area contributed by atoms with Crippen molar-refractivity contribution in [2.24, 2.45) is 11.5 Å². The molecule has 0 saturated heterocycles. The summed E-state index contributed by atoms with van der Waals surface area (Å²) in [5, 5.41) is 3.67. The van der Waals surface area contributed by atoms with E-state index in [0.29, 0.717) is 48.6 Å². The second-order valence-electron chi connectivity index (χ2n) is 13.0. The first-order chi connectivity index (χ1) is 17.2. The van der Waals surface area contributed by atoms with Gasteiger partial charge in [-0.05, 0) is 80.0 Å². The smallest absolute Gasteiger partial charge is 0.0427 e. The average Bonchev–Trinajstić information content (AvgIpc) is 2.81. The van der Waals surface area contributed by atoms with Crippen molar-refractivity contribution in [3.05, 3.63) is 68.8 Å². The maximum absolute atomic E-state index is 6.93. The normalized spacial score (nSPS) is 14.2. The number of hydrogen-bond donors (Lipinski definition) is 3. The molecular weight excluding hydrogens is 450 g/mol. The molecule has 0 radical (unpaired) electrons. The Labute approximate surface area is 229 Å². The molecule has 0 aliphatic carbocycles. The molecule has 0 spiro atoms. The molecule has 3 nitrogen and oxygen atoms in total. The number of rotatable bonds is 12. The van der Waals surface area contributed by atoms with E-state index in [1.807, 2.05) is 0 Å². The number of nitrogens with two attached hydrogens (primary N) is 2. The Morgan fingerprint density at radius 2 is 0.703 bits per heavy atom. The van der Waals surface area contributed by atoms with Gasteiger partial charge in [-0.1, -0.05) is 107 Å². The molecule has 2 rings (SSSR count). The van der Waals surface area contributed by atoms with Crippen LogP contribution in [0.4, 0.5) is 0 Å². The highest BCUT2D eigenvalue weighted by atomic mass is 14.9. The molecule has 2 unspecified atom stereocenters. The third-order valence-corrected chi connectivity index (χ3v) is 7.82. The van der Waals surface area contributed by atoms with Gasteiger partial charge in [0, 0.05) is 25.2 Å². The Morgan fingerprint density at radius 3 is 0.892 bits per heavy atom. The molecule has 37 heavy (non-hydrogen) atoms. The van der Waals surface area contributed by atoms with Crippen LogP contribution in [0.2, 0.25) is 0 Å². The van der Waals surface area contributed by atoms with Crippen LogP contribution < -0.4 is 16.8 Å². The topological polar surface area (TPSA) is 64.1 Å². The van der Waals surface area contributed by atoms with Gasteiger partial charge in [-0.25, -0.2) is 0 Å². The van der Waals surface area contributed by atoms with Gasteiger partial charge in [0.05, 0.1) is 0 Å². The first-order valence-electron chi connectivity index (χ1n) is 14.7. The maximum atomic E-state index is 6.93. The molecule has 2 aromatic carbocycles. The molecule has 0 aromatic heterocycles. The Balaban J connectivity index is 2.35. The van der Waals surface area contributed by atoms with Crippen LogP contribution >= 0.6 is 0 Å². The van der Waals surface area contributed by atoms with E-state index in [2.05, 4.69) is 113 Å². The van der Waals surface area contributed by atoms with Gasteiger partial charge in [-0.3, -0.25) is 0 Å². The van der Waals surface area contributed by atoms with E-state index in [-0.39, 0.29) is 12.1 Å². The summed E-state index contributed by atoms with van der Waals surface area (Å²) >= 11 is 0. The SMILES string of the molecule is CC(C)c1cc(C(C)C)c(C(N)CNCC(N)c2c(C(C)C)cc(C(C)C)cc2C(C)C)c(C(C)C)c1. The van der Waals surface area contributed by atoms with Crippen molar-refractivity contribution in [3.63, 3.8) is 0 Å². The van der Waals surface area contributed by atoms with Crippen molar-refractivity contribution >= 4 is 0 Å². The molecule has 5 N–H and O–H groups in total. The summed E-state index contributed by atoms with van der Waals surface area (Å²) in [6.07, 6.45) is 0. The van der Waals surface area contributed by atoms with Gasteiger partial charge >= 0.3 is 0 Å². The average molecular weight is 508 g/mol. The van der Waals surface area contributed by atoms with Crippen molar-refractivity contribution in [1.29, 1.82) is 0 Å². The van der Waals surface area contributed by atoms with Crippen LogP contribution in [0.3, 0.4) is 0 Å². The second kappa shape index (κ2) is 13.4. The minimum atomic E-state index is -0.0688. The van der Waals surface area contributed by atoms with Crippen molar-refractivity contribution in [1.82, 2.24) is 5.32 Å². The van der Waals surface area contributed by atoms with Crippen LogP contribution in [0, 0.1) is 0 Å². The predicted octanol–water partition coefficient (Wildman–Crippen LogP) is 8.72. The first-order valence-corrected chi connectivity index (χ1v) is 14.7. The lowest BCUT2D eigenvalue weighted by Crippen LogP contribution is -2.34. The first kappa shape index (κ1) is 31.5. The lowest BCUT2D eigenvalue weighted by Gasteiger charge is -2.29. The van der Waals surface area contributed by atoms with Crippen molar-refractivity contribution in [3.8, 4) is 0 Å². The van der Waals surface area contributed by atoms with Gasteiger partial charge in [-0.15, -0.1) is 0 Å². The Kier molecular flexibility index (Phi) is 11.4. The van der Waals surface area contributed by atoms with Gasteiger partial charge in [0.15, 0.2) is 0 Å². The molecule has 0 amide bonds. The quantitative estimate of drug-likeness (QED) is 0.269. The molecule has 0 bridgehead atoms. The summed E-state index contributed by atoms with van der Waals surface area (Å²) in [7, 11) is 0. The monoisotopic (exact) mass is 507 g/mol. The minimum Gasteiger partial charge on any atom is -0.323 e. The van der Waals surface area contributed by atoms with Gasteiger partial charge < -0.3 is 16.8 Å². The highest BCUT2D eigenvalue weighted by Gasteiger charge is 2.24. The Bertz CT molecular complexity index is 874. The fourth-order valence-corrected chi connectivity index (χ4v) is 5.48. The van der Waals surface area contributed by atoms with Crippen molar-refractivity contribution in [2.45, 2.75) is 131 Å². The van der Waals surface area contributed by atoms with E-state index < -0.39 is 0 Å². The summed E-state index contributed by atoms with van der Waals surface area (Å²) in [6.45, 7) is 28.8. The van der Waals surface area contributed by atoms with Crippen molar-refractivity contribution in [2.75, 3.05) is 13.1 Å². The maximum Gasteiger partial charge on any atom is 0.0427 e. The number of nitrogens with one attached hydrogen (secondary N) is 1. The Hall–Kier alpha value is -1.68. The standard InChI is InChI=1S/C34H57N3/c1-19(2)25-13-27(21(5)6)33(28(14-25)22(7)8)31(35)17-37-18-32(36)34-29(23(9)10)15-26(20(3)4)16-30(34)24(11)12/h13-16,19-24,31-32,37H,17-18,35-36H2,1-12H3. The third kappa shape index (κ3) is 7.68. The number of hydrogen-bond acceptors (Lipinski definition) is 3. The molecule has 2 atom stereocenters. The Morgan fingerprint density at radius 1 is 0.459 bits per heavy atom. The summed E-state index contributed by atoms with van der Waals surface area (Å²) in [4.78, 5) is 0. The van der Waals surface area contributed by atoms with E-state index in [9.17, 15) is 0 Å². The number of benzene rings is 2. The third-order valence-electron chi connectivity index (χ3n) is 7.82. The van der Waals surface area contributed by atoms with Gasteiger partial charge in [0.25, 0.3) is 0 Å². The van der Waals surface area contributed by atoms with E-state index in [1.54, 1.807) is 0 Å². The molecule has 0 aliphatic rings. The lowest BCUT2D eigenvalue weighted by molar-refractivity contribution is 0.538. The van der Waals surface area contributed by atoms with Crippen LogP contribution in [0.25, 0.3) is 0 Å². The van der Waals surface area contributed by atoms with Crippen molar-refractivity contribution < 1.29 is 0 Å². The summed E-state index contributed by atoms with van der Waals surface area (Å²) in [6, 6.07) is 9.43. The second-order valence-corrected chi connectivity index (χ2v) is 13.0. The van der Waals surface area contributed by atoms with E-state index in [4.69, 9.17) is 11.5 Å². The highest BCUT2D eigenvalue weighted by Crippen LogP contribution is 2.36. The fraction of sp³-hybridized carbons (Fsp3) is 0.647. The zero-order valence-electron chi connectivity index (χ0n) is 26.0. The van der Waals surface area contributed by atoms with Crippen LogP contribution in [0.15, 0.2) is 24.3 Å². The molecule has 0 fully saturated rings. The zero-order valence-corrected chi connectivity index (χ0v) is 26.0. The molecule has 0 aliphatic heterocycles. The summed E-state index contributed by atoms with van der Waals surface area (Å²) in [5.74, 6) is 2.73. The van der Waals surface area contributed by atoms with E-state index in [0.717, 1.165) is 0 Å². The molecule has 3 heteroatoms. The molecular formula is C34H57N3. The molecule has 0 heterocycles. The molecule has 208 valence electrons. The summed E-state index contributed by atoms with van der Waals surface area (Å²) in [5.41, 5.74) is 24.9. The largest absolute Gasteiger partial charge is 0.323 e. The molecule has 2 aromatic rings. The van der Waals surface area contributed by atoms with Gasteiger partial charge in [-0.2, -0.15) is 0 Å². The van der Waals surface area contributed by atoms with Gasteiger partial charge in [0.2, 0.25) is 0 Å². The lowest BCUT2D eigenvalue weighted by atomic mass is 9.81. The zero-order chi connectivity index (χ0) is 28.2. The van der Waals surface area contributed by atoms with E-state index >= 15 is 0 Å². The summed E-state index contributed by atoms with van der Waals surface area (Å²) < 4.78 is 0. The van der Waals surface area contributed by atoms with Gasteiger partial charge in [0.1, 0.15) is 0 Å². The van der Waals surface area contributed by atoms with E-state index in [1.165, 1.54) is 44.5 Å². The predicted molar refractivity (Wildman–Crippen MR) is 164 cm³/mol. The van der Waals surface area contributed by atoms with Crippen LogP contribution in [-0.2, 0) is 0 Å². The van der Waals surface area contributed by atoms with Crippen LogP contribution in [-0.4, -0.2) is 13.1 Å². The van der Waals surface area contributed by atoms with Crippen LogP contribution in [0.5, 0.6) is 0 Å². The molecule has 0 saturated carbocycles. The minimum absolute atomic E-state index is 0.0688. The fourth-order valence-electron chi connectivity index (χ4n) is 5.48.